The van der Waals surface area contributed by atoms with E-state index >= 15 is 0 Å². The van der Waals surface area contributed by atoms with E-state index in [1.165, 1.54) is 0 Å². The Morgan fingerprint density at radius 2 is 1.70 bits per heavy atom. The SMILES string of the molecule is Cc1ccc2cc(C(=O)Nc3cc(NC(=O)c4ccc5c(c4)OCC5)ccc3Cl)ccc2n1. The van der Waals surface area contributed by atoms with Crippen molar-refractivity contribution < 1.29 is 14.3 Å². The Bertz CT molecular complexity index is 1420. The predicted octanol–water partition coefficient (Wildman–Crippen LogP) is 5.64. The number of anilines is 2. The minimum atomic E-state index is -0.307. The molecular weight excluding hydrogens is 438 g/mol. The molecule has 0 bridgehead atoms. The molecule has 5 rings (SSSR count). The van der Waals surface area contributed by atoms with Crippen molar-refractivity contribution in [2.45, 2.75) is 13.3 Å². The van der Waals surface area contributed by atoms with Gasteiger partial charge in [0.1, 0.15) is 5.75 Å². The fourth-order valence-electron chi connectivity index (χ4n) is 3.77. The van der Waals surface area contributed by atoms with Crippen molar-refractivity contribution in [3.63, 3.8) is 0 Å². The summed E-state index contributed by atoms with van der Waals surface area (Å²) >= 11 is 6.30. The number of benzene rings is 3. The van der Waals surface area contributed by atoms with Crippen LogP contribution < -0.4 is 15.4 Å². The molecule has 0 spiro atoms. The van der Waals surface area contributed by atoms with E-state index in [-0.39, 0.29) is 11.8 Å². The number of ether oxygens (including phenoxy) is 1. The topological polar surface area (TPSA) is 80.3 Å². The molecule has 33 heavy (non-hydrogen) atoms. The maximum Gasteiger partial charge on any atom is 0.255 e. The highest BCUT2D eigenvalue weighted by atomic mass is 35.5. The van der Waals surface area contributed by atoms with Gasteiger partial charge in [0.25, 0.3) is 11.8 Å². The van der Waals surface area contributed by atoms with Crippen LogP contribution in [0.2, 0.25) is 5.02 Å². The number of amides is 2. The quantitative estimate of drug-likeness (QED) is 0.416. The van der Waals surface area contributed by atoms with E-state index in [1.54, 1.807) is 42.5 Å². The Kier molecular flexibility index (Phi) is 5.44. The Morgan fingerprint density at radius 1 is 0.909 bits per heavy atom. The van der Waals surface area contributed by atoms with E-state index in [0.717, 1.165) is 34.3 Å². The van der Waals surface area contributed by atoms with Crippen molar-refractivity contribution in [2.24, 2.45) is 0 Å². The molecule has 1 aromatic heterocycles. The lowest BCUT2D eigenvalue weighted by Gasteiger charge is -2.12. The first-order chi connectivity index (χ1) is 16.0. The molecule has 0 radical (unpaired) electrons. The number of rotatable bonds is 4. The highest BCUT2D eigenvalue weighted by Gasteiger charge is 2.16. The fourth-order valence-corrected chi connectivity index (χ4v) is 3.94. The number of nitrogens with zero attached hydrogens (tertiary/aromatic N) is 1. The number of aromatic nitrogens is 1. The number of hydrogen-bond donors (Lipinski definition) is 2. The maximum absolute atomic E-state index is 12.8. The largest absolute Gasteiger partial charge is 0.493 e. The molecule has 2 amide bonds. The molecule has 7 heteroatoms. The minimum Gasteiger partial charge on any atom is -0.493 e. The second-order valence-corrected chi connectivity index (χ2v) is 8.29. The molecule has 0 fully saturated rings. The predicted molar refractivity (Wildman–Crippen MR) is 129 cm³/mol. The molecule has 2 heterocycles. The van der Waals surface area contributed by atoms with Gasteiger partial charge in [-0.1, -0.05) is 23.7 Å². The van der Waals surface area contributed by atoms with Crippen LogP contribution in [0.15, 0.2) is 66.7 Å². The van der Waals surface area contributed by atoms with Gasteiger partial charge >= 0.3 is 0 Å². The highest BCUT2D eigenvalue weighted by Crippen LogP contribution is 2.29. The van der Waals surface area contributed by atoms with Gasteiger partial charge in [-0.15, -0.1) is 0 Å². The molecular formula is C26H20ClN3O3. The first-order valence-electron chi connectivity index (χ1n) is 10.5. The van der Waals surface area contributed by atoms with Crippen molar-refractivity contribution in [2.75, 3.05) is 17.2 Å². The Morgan fingerprint density at radius 3 is 2.58 bits per heavy atom. The summed E-state index contributed by atoms with van der Waals surface area (Å²) in [6.07, 6.45) is 0.852. The molecule has 0 aliphatic carbocycles. The molecule has 2 N–H and O–H groups in total. The van der Waals surface area contributed by atoms with Gasteiger partial charge in [-0.3, -0.25) is 14.6 Å². The van der Waals surface area contributed by atoms with Crippen molar-refractivity contribution in [1.82, 2.24) is 4.98 Å². The third-order valence-electron chi connectivity index (χ3n) is 5.52. The van der Waals surface area contributed by atoms with Crippen molar-refractivity contribution in [3.8, 4) is 5.75 Å². The Balaban J connectivity index is 1.33. The fraction of sp³-hybridized carbons (Fsp3) is 0.115. The summed E-state index contributed by atoms with van der Waals surface area (Å²) in [5.41, 5.74) is 4.73. The summed E-state index contributed by atoms with van der Waals surface area (Å²) in [5, 5.41) is 6.91. The van der Waals surface area contributed by atoms with Gasteiger partial charge < -0.3 is 15.4 Å². The van der Waals surface area contributed by atoms with Gasteiger partial charge in [-0.2, -0.15) is 0 Å². The zero-order chi connectivity index (χ0) is 22.9. The van der Waals surface area contributed by atoms with Crippen molar-refractivity contribution in [3.05, 3.63) is 94.1 Å². The monoisotopic (exact) mass is 457 g/mol. The second-order valence-electron chi connectivity index (χ2n) is 7.88. The van der Waals surface area contributed by atoms with Gasteiger partial charge in [-0.05, 0) is 67.1 Å². The molecule has 0 unspecified atom stereocenters. The molecule has 1 aliphatic heterocycles. The summed E-state index contributed by atoms with van der Waals surface area (Å²) in [5.74, 6) is 0.163. The summed E-state index contributed by atoms with van der Waals surface area (Å²) < 4.78 is 5.54. The Hall–Kier alpha value is -3.90. The van der Waals surface area contributed by atoms with Crippen molar-refractivity contribution >= 4 is 45.7 Å². The average Bonchev–Trinajstić information content (AvgIpc) is 3.28. The second kappa shape index (κ2) is 8.56. The van der Waals surface area contributed by atoms with Crippen molar-refractivity contribution in [1.29, 1.82) is 0 Å². The van der Waals surface area contributed by atoms with E-state index in [4.69, 9.17) is 16.3 Å². The van der Waals surface area contributed by atoms with Gasteiger partial charge in [0.2, 0.25) is 0 Å². The lowest BCUT2D eigenvalue weighted by atomic mass is 10.1. The number of hydrogen-bond acceptors (Lipinski definition) is 4. The number of fused-ring (bicyclic) bond motifs is 2. The lowest BCUT2D eigenvalue weighted by molar-refractivity contribution is 0.101. The van der Waals surface area contributed by atoms with E-state index in [9.17, 15) is 9.59 Å². The van der Waals surface area contributed by atoms with Gasteiger partial charge in [0.15, 0.2) is 0 Å². The number of pyridine rings is 1. The van der Waals surface area contributed by atoms with Crippen LogP contribution >= 0.6 is 11.6 Å². The summed E-state index contributed by atoms with van der Waals surface area (Å²) in [6.45, 7) is 2.56. The van der Waals surface area contributed by atoms with Crippen LogP contribution in [0.1, 0.15) is 32.0 Å². The molecule has 4 aromatic rings. The number of halogens is 1. The van der Waals surface area contributed by atoms with Crippen LogP contribution in [0.4, 0.5) is 11.4 Å². The van der Waals surface area contributed by atoms with Crippen LogP contribution in [-0.2, 0) is 6.42 Å². The zero-order valence-electron chi connectivity index (χ0n) is 17.8. The number of nitrogens with one attached hydrogen (secondary N) is 2. The Labute approximate surface area is 195 Å². The first-order valence-corrected chi connectivity index (χ1v) is 10.9. The minimum absolute atomic E-state index is 0.273. The molecule has 1 aliphatic rings. The number of carbonyl (C=O) groups excluding carboxylic acids is 2. The van der Waals surface area contributed by atoms with Gasteiger partial charge in [-0.25, -0.2) is 0 Å². The standard InChI is InChI=1S/C26H20ClN3O3/c1-15-2-3-17-12-18(6-9-22(17)28-15)26(32)30-23-14-20(7-8-21(23)27)29-25(31)19-5-4-16-10-11-33-24(16)13-19/h2-9,12-14H,10-11H2,1H3,(H,29,31)(H,30,32). The van der Waals surface area contributed by atoms with E-state index in [2.05, 4.69) is 15.6 Å². The third kappa shape index (κ3) is 4.38. The molecule has 6 nitrogen and oxygen atoms in total. The zero-order valence-corrected chi connectivity index (χ0v) is 18.6. The average molecular weight is 458 g/mol. The summed E-state index contributed by atoms with van der Waals surface area (Å²) in [7, 11) is 0. The van der Waals surface area contributed by atoms with Crippen LogP contribution in [0.25, 0.3) is 10.9 Å². The molecule has 0 saturated heterocycles. The molecule has 0 atom stereocenters. The van der Waals surface area contributed by atoms with Crippen LogP contribution in [-0.4, -0.2) is 23.4 Å². The maximum atomic E-state index is 12.8. The van der Waals surface area contributed by atoms with Gasteiger partial charge in [0, 0.05) is 34.3 Å². The first kappa shape index (κ1) is 21.0. The smallest absolute Gasteiger partial charge is 0.255 e. The summed E-state index contributed by atoms with van der Waals surface area (Å²) in [4.78, 5) is 30.0. The molecule has 0 saturated carbocycles. The molecule has 3 aromatic carbocycles. The van der Waals surface area contributed by atoms with Crippen LogP contribution in [0, 0.1) is 6.92 Å². The summed E-state index contributed by atoms with van der Waals surface area (Å²) in [6, 6.07) is 19.5. The lowest BCUT2D eigenvalue weighted by Crippen LogP contribution is -2.14. The highest BCUT2D eigenvalue weighted by molar-refractivity contribution is 6.34. The van der Waals surface area contributed by atoms with E-state index in [1.807, 2.05) is 31.2 Å². The molecule has 164 valence electrons. The van der Waals surface area contributed by atoms with Crippen LogP contribution in [0.5, 0.6) is 5.75 Å². The number of carbonyl (C=O) groups is 2. The number of aryl methyl sites for hydroxylation is 1. The third-order valence-corrected chi connectivity index (χ3v) is 5.85. The van der Waals surface area contributed by atoms with E-state index < -0.39 is 0 Å². The van der Waals surface area contributed by atoms with Crippen LogP contribution in [0.3, 0.4) is 0 Å². The van der Waals surface area contributed by atoms with Gasteiger partial charge in [0.05, 0.1) is 22.8 Å². The van der Waals surface area contributed by atoms with E-state index in [0.29, 0.717) is 34.1 Å². The normalized spacial score (nSPS) is 12.2.